The third-order valence-electron chi connectivity index (χ3n) is 5.13. The van der Waals surface area contributed by atoms with Crippen molar-refractivity contribution in [2.45, 2.75) is 36.5 Å². The van der Waals surface area contributed by atoms with Crippen molar-refractivity contribution in [1.29, 1.82) is 0 Å². The van der Waals surface area contributed by atoms with E-state index in [1.807, 2.05) is 6.92 Å². The van der Waals surface area contributed by atoms with Gasteiger partial charge in [-0.05, 0) is 56.5 Å². The zero-order chi connectivity index (χ0) is 25.0. The van der Waals surface area contributed by atoms with Crippen molar-refractivity contribution in [2.75, 3.05) is 26.0 Å². The van der Waals surface area contributed by atoms with Crippen LogP contribution in [0.25, 0.3) is 0 Å². The molecule has 186 valence electrons. The average Bonchev–Trinajstić information content (AvgIpc) is 3.51. The van der Waals surface area contributed by atoms with Crippen LogP contribution in [-0.2, 0) is 24.8 Å². The largest absolute Gasteiger partial charge is 0.493 e. The molecule has 0 aliphatic heterocycles. The highest BCUT2D eigenvalue weighted by Crippen LogP contribution is 2.46. The molecule has 1 saturated carbocycles. The predicted octanol–water partition coefficient (Wildman–Crippen LogP) is 2.18. The van der Waals surface area contributed by atoms with Gasteiger partial charge in [0, 0.05) is 24.3 Å². The van der Waals surface area contributed by atoms with Crippen LogP contribution in [0.3, 0.4) is 0 Å². The van der Waals surface area contributed by atoms with Crippen LogP contribution in [0.1, 0.15) is 25.3 Å². The van der Waals surface area contributed by atoms with Crippen LogP contribution in [0.2, 0.25) is 0 Å². The van der Waals surface area contributed by atoms with Crippen LogP contribution in [0.5, 0.6) is 11.5 Å². The highest BCUT2D eigenvalue weighted by molar-refractivity contribution is 7.92. The molecule has 3 N–H and O–H groups in total. The fraction of sp³-hybridized carbons (Fsp3) is 0.409. The first kappa shape index (κ1) is 25.8. The van der Waals surface area contributed by atoms with Crippen LogP contribution in [0.4, 0.5) is 0 Å². The summed E-state index contributed by atoms with van der Waals surface area (Å²) >= 11 is 0. The lowest BCUT2D eigenvalue weighted by Crippen LogP contribution is -2.34. The molecule has 0 atom stereocenters. The van der Waals surface area contributed by atoms with Gasteiger partial charge >= 0.3 is 10.1 Å². The molecule has 1 fully saturated rings. The smallest absolute Gasteiger partial charge is 0.340 e. The molecule has 1 aliphatic carbocycles. The normalized spacial score (nSPS) is 15.6. The zero-order valence-corrected chi connectivity index (χ0v) is 20.9. The Kier molecular flexibility index (Phi) is 7.74. The molecule has 3 rings (SSSR count). The highest BCUT2D eigenvalue weighted by Gasteiger charge is 2.44. The summed E-state index contributed by atoms with van der Waals surface area (Å²) in [4.78, 5) is 8.66. The summed E-state index contributed by atoms with van der Waals surface area (Å²) in [5.41, 5.74) is 8.78. The monoisotopic (exact) mass is 511 g/mol. The van der Waals surface area contributed by atoms with E-state index < -0.39 is 24.9 Å². The van der Waals surface area contributed by atoms with Crippen molar-refractivity contribution < 1.29 is 30.6 Å². The molecule has 34 heavy (non-hydrogen) atoms. The van der Waals surface area contributed by atoms with E-state index in [1.54, 1.807) is 13.0 Å². The number of rotatable bonds is 11. The van der Waals surface area contributed by atoms with E-state index in [4.69, 9.17) is 19.5 Å². The van der Waals surface area contributed by atoms with E-state index in [2.05, 4.69) is 10.5 Å². The van der Waals surface area contributed by atoms with E-state index >= 15 is 0 Å². The second-order valence-electron chi connectivity index (χ2n) is 8.28. The number of sulfone groups is 1. The number of nitrogens with two attached hydrogens (primary N) is 1. The minimum absolute atomic E-state index is 0.0182. The standard InChI is InChI=1S/C22H29N3O7S2/c1-4-24-21(23)25-31-15-22(9-10-22)14-30-17-11-16(2)12-18(13-17)32-34(28,29)20-8-6-5-7-19(20)33(3,26)27/h5-8,11-13H,4,9-10,14-15H2,1-3H3,(H3,23,24,25). The van der Waals surface area contributed by atoms with E-state index in [9.17, 15) is 16.8 Å². The Morgan fingerprint density at radius 3 is 2.32 bits per heavy atom. The Morgan fingerprint density at radius 2 is 1.71 bits per heavy atom. The summed E-state index contributed by atoms with van der Waals surface area (Å²) in [6, 6.07) is 10.0. The second kappa shape index (κ2) is 10.2. The van der Waals surface area contributed by atoms with Crippen LogP contribution >= 0.6 is 0 Å². The van der Waals surface area contributed by atoms with Crippen molar-refractivity contribution in [3.63, 3.8) is 0 Å². The summed E-state index contributed by atoms with van der Waals surface area (Å²) in [5, 5.41) is 0. The molecule has 0 aromatic heterocycles. The maximum absolute atomic E-state index is 12.9. The first-order valence-corrected chi connectivity index (χ1v) is 13.9. The highest BCUT2D eigenvalue weighted by atomic mass is 32.2. The van der Waals surface area contributed by atoms with Crippen molar-refractivity contribution >= 4 is 25.9 Å². The van der Waals surface area contributed by atoms with Crippen LogP contribution in [-0.4, -0.2) is 48.8 Å². The van der Waals surface area contributed by atoms with E-state index in [-0.39, 0.29) is 22.0 Å². The number of hydrogen-bond acceptors (Lipinski definition) is 8. The van der Waals surface area contributed by atoms with Crippen molar-refractivity contribution in [3.05, 3.63) is 48.0 Å². The molecular weight excluding hydrogens is 482 g/mol. The molecule has 12 heteroatoms. The van der Waals surface area contributed by atoms with Gasteiger partial charge in [0.1, 0.15) is 16.4 Å². The third-order valence-corrected chi connectivity index (χ3v) is 7.72. The molecule has 0 saturated heterocycles. The van der Waals surface area contributed by atoms with Gasteiger partial charge in [0.05, 0.1) is 18.1 Å². The summed E-state index contributed by atoms with van der Waals surface area (Å²) in [5.74, 6) is 0.649. The number of hydrogen-bond donors (Lipinski definition) is 2. The number of aliphatic imine (C=N–C) groups is 1. The SMILES string of the molecule is CCN=C(N)NOCC1(COc2cc(C)cc(OS(=O)(=O)c3ccccc3S(C)(=O)=O)c2)CC1. The minimum Gasteiger partial charge on any atom is -0.493 e. The first-order chi connectivity index (χ1) is 15.9. The van der Waals surface area contributed by atoms with E-state index in [0.717, 1.165) is 19.1 Å². The summed E-state index contributed by atoms with van der Waals surface area (Å²) in [6.07, 6.45) is 2.76. The van der Waals surface area contributed by atoms with Gasteiger partial charge < -0.3 is 14.7 Å². The molecule has 0 spiro atoms. The second-order valence-corrected chi connectivity index (χ2v) is 11.8. The van der Waals surface area contributed by atoms with Crippen LogP contribution in [0.15, 0.2) is 57.2 Å². The minimum atomic E-state index is -4.40. The Morgan fingerprint density at radius 1 is 1.06 bits per heavy atom. The Balaban J connectivity index is 1.70. The Labute approximate surface area is 200 Å². The zero-order valence-electron chi connectivity index (χ0n) is 19.3. The molecular formula is C22H29N3O7S2. The van der Waals surface area contributed by atoms with Crippen molar-refractivity contribution in [1.82, 2.24) is 5.48 Å². The van der Waals surface area contributed by atoms with E-state index in [0.29, 0.717) is 31.1 Å². The molecule has 0 heterocycles. The van der Waals surface area contributed by atoms with Crippen LogP contribution in [0, 0.1) is 12.3 Å². The Hall–Kier alpha value is -2.83. The summed E-state index contributed by atoms with van der Waals surface area (Å²) in [6.45, 7) is 4.90. The van der Waals surface area contributed by atoms with Gasteiger partial charge in [0.25, 0.3) is 0 Å². The van der Waals surface area contributed by atoms with Crippen molar-refractivity contribution in [2.24, 2.45) is 16.1 Å². The predicted molar refractivity (Wildman–Crippen MR) is 127 cm³/mol. The van der Waals surface area contributed by atoms with Crippen molar-refractivity contribution in [3.8, 4) is 11.5 Å². The molecule has 1 aliphatic rings. The maximum atomic E-state index is 12.9. The Bertz CT molecular complexity index is 1270. The number of guanidine groups is 1. The maximum Gasteiger partial charge on any atom is 0.340 e. The van der Waals surface area contributed by atoms with Gasteiger partial charge in [-0.3, -0.25) is 9.83 Å². The van der Waals surface area contributed by atoms with Gasteiger partial charge in [0.2, 0.25) is 5.96 Å². The number of ether oxygens (including phenoxy) is 1. The quantitative estimate of drug-likeness (QED) is 0.200. The number of benzene rings is 2. The topological polar surface area (TPSA) is 146 Å². The number of nitrogens with one attached hydrogen (secondary N) is 1. The lowest BCUT2D eigenvalue weighted by atomic mass is 10.1. The molecule has 0 radical (unpaired) electrons. The average molecular weight is 512 g/mol. The molecule has 2 aromatic carbocycles. The van der Waals surface area contributed by atoms with Gasteiger partial charge in [-0.15, -0.1) is 0 Å². The van der Waals surface area contributed by atoms with Crippen LogP contribution < -0.4 is 20.1 Å². The molecule has 2 aromatic rings. The van der Waals surface area contributed by atoms with Gasteiger partial charge in [-0.25, -0.2) is 13.9 Å². The molecule has 10 nitrogen and oxygen atoms in total. The lowest BCUT2D eigenvalue weighted by molar-refractivity contribution is 0.0302. The third kappa shape index (κ3) is 6.84. The van der Waals surface area contributed by atoms with Gasteiger partial charge in [-0.1, -0.05) is 12.1 Å². The number of hydroxylamine groups is 1. The number of nitrogens with zero attached hydrogens (tertiary/aromatic N) is 1. The fourth-order valence-corrected chi connectivity index (χ4v) is 5.71. The van der Waals surface area contributed by atoms with Gasteiger partial charge in [0.15, 0.2) is 9.84 Å². The summed E-state index contributed by atoms with van der Waals surface area (Å²) < 4.78 is 61.0. The lowest BCUT2D eigenvalue weighted by Gasteiger charge is -2.17. The first-order valence-electron chi connectivity index (χ1n) is 10.6. The molecule has 0 unspecified atom stereocenters. The summed E-state index contributed by atoms with van der Waals surface area (Å²) in [7, 11) is -8.18. The number of aryl methyl sites for hydroxylation is 1. The fourth-order valence-electron chi connectivity index (χ4n) is 3.19. The molecule has 0 amide bonds. The molecule has 0 bridgehead atoms. The van der Waals surface area contributed by atoms with Gasteiger partial charge in [-0.2, -0.15) is 8.42 Å². The van der Waals surface area contributed by atoms with E-state index in [1.165, 1.54) is 36.4 Å².